The van der Waals surface area contributed by atoms with Gasteiger partial charge in [-0.1, -0.05) is 55.0 Å². The molecule has 0 aliphatic carbocycles. The van der Waals surface area contributed by atoms with Crippen molar-refractivity contribution in [2.24, 2.45) is 0 Å². The number of amides is 1. The highest BCUT2D eigenvalue weighted by Crippen LogP contribution is 2.34. The second kappa shape index (κ2) is 10.7. The lowest BCUT2D eigenvalue weighted by Crippen LogP contribution is -2.32. The molecule has 0 atom stereocenters. The molecular formula is C24H25ClFN3O2S. The van der Waals surface area contributed by atoms with Crippen molar-refractivity contribution in [1.29, 1.82) is 0 Å². The van der Waals surface area contributed by atoms with Gasteiger partial charge in [0.2, 0.25) is 5.13 Å². The van der Waals surface area contributed by atoms with Crippen molar-refractivity contribution in [3.05, 3.63) is 70.5 Å². The van der Waals surface area contributed by atoms with E-state index in [1.807, 2.05) is 32.9 Å². The Labute approximate surface area is 196 Å². The molecule has 0 fully saturated rings. The van der Waals surface area contributed by atoms with Gasteiger partial charge in [0.05, 0.1) is 10.6 Å². The number of unbranched alkanes of at least 4 members (excludes halogenated alkanes) is 1. The molecule has 0 aliphatic rings. The Morgan fingerprint density at radius 2 is 2.00 bits per heavy atom. The van der Waals surface area contributed by atoms with Crippen molar-refractivity contribution in [2.45, 2.75) is 33.6 Å². The molecule has 0 bridgehead atoms. The van der Waals surface area contributed by atoms with Crippen LogP contribution in [0, 0.1) is 19.7 Å². The third-order valence-corrected chi connectivity index (χ3v) is 6.15. The lowest BCUT2D eigenvalue weighted by molar-refractivity contribution is 0.0982. The van der Waals surface area contributed by atoms with Gasteiger partial charge in [-0.25, -0.2) is 4.39 Å². The largest absolute Gasteiger partial charge is 0.489 e. The Morgan fingerprint density at radius 1 is 1.28 bits per heavy atom. The van der Waals surface area contributed by atoms with E-state index in [0.717, 1.165) is 35.3 Å². The first kappa shape index (κ1) is 23.9. The number of aromatic nitrogens is 2. The van der Waals surface area contributed by atoms with Crippen LogP contribution >= 0.6 is 22.9 Å². The van der Waals surface area contributed by atoms with Crippen molar-refractivity contribution in [1.82, 2.24) is 10.2 Å². The van der Waals surface area contributed by atoms with Gasteiger partial charge in [0.1, 0.15) is 17.4 Å². The maximum absolute atomic E-state index is 14.5. The number of anilines is 1. The minimum absolute atomic E-state index is 0.0826. The first-order valence-corrected chi connectivity index (χ1v) is 11.5. The molecule has 32 heavy (non-hydrogen) atoms. The van der Waals surface area contributed by atoms with Crippen LogP contribution in [0.4, 0.5) is 9.52 Å². The number of benzene rings is 2. The maximum atomic E-state index is 14.5. The third kappa shape index (κ3) is 5.16. The fraction of sp³-hybridized carbons (Fsp3) is 0.292. The van der Waals surface area contributed by atoms with Crippen LogP contribution in [0.5, 0.6) is 5.75 Å². The minimum Gasteiger partial charge on any atom is -0.489 e. The fourth-order valence-electron chi connectivity index (χ4n) is 3.30. The predicted octanol–water partition coefficient (Wildman–Crippen LogP) is 6.63. The van der Waals surface area contributed by atoms with E-state index in [1.54, 1.807) is 12.1 Å². The van der Waals surface area contributed by atoms with Gasteiger partial charge < -0.3 is 4.74 Å². The molecule has 0 aliphatic heterocycles. The van der Waals surface area contributed by atoms with Crippen LogP contribution in [0.1, 0.15) is 41.3 Å². The average molecular weight is 474 g/mol. The number of ether oxygens (including phenoxy) is 1. The second-order valence-electron chi connectivity index (χ2n) is 7.34. The summed E-state index contributed by atoms with van der Waals surface area (Å²) in [7, 11) is 0. The zero-order valence-electron chi connectivity index (χ0n) is 18.3. The van der Waals surface area contributed by atoms with Crippen LogP contribution < -0.4 is 9.64 Å². The zero-order chi connectivity index (χ0) is 23.3. The number of aryl methyl sites for hydroxylation is 2. The Balaban J connectivity index is 1.95. The normalized spacial score (nSPS) is 10.8. The molecule has 0 saturated heterocycles. The summed E-state index contributed by atoms with van der Waals surface area (Å²) in [6.45, 7) is 10.5. The highest BCUT2D eigenvalue weighted by Gasteiger charge is 2.25. The number of hydrogen-bond donors (Lipinski definition) is 0. The second-order valence-corrected chi connectivity index (χ2v) is 8.70. The predicted molar refractivity (Wildman–Crippen MR) is 129 cm³/mol. The van der Waals surface area contributed by atoms with E-state index >= 15 is 0 Å². The maximum Gasteiger partial charge on any atom is 0.263 e. The molecule has 5 nitrogen and oxygen atoms in total. The fourth-order valence-corrected chi connectivity index (χ4v) is 4.33. The number of carbonyl (C=O) groups excluding carboxylic acids is 1. The van der Waals surface area contributed by atoms with E-state index in [2.05, 4.69) is 16.8 Å². The quantitative estimate of drug-likeness (QED) is 0.327. The summed E-state index contributed by atoms with van der Waals surface area (Å²) < 4.78 is 20.3. The summed E-state index contributed by atoms with van der Waals surface area (Å²) >= 11 is 7.17. The van der Waals surface area contributed by atoms with Gasteiger partial charge in [0.25, 0.3) is 5.91 Å². The van der Waals surface area contributed by atoms with Gasteiger partial charge in [-0.2, -0.15) is 0 Å². The molecule has 8 heteroatoms. The van der Waals surface area contributed by atoms with Gasteiger partial charge in [0, 0.05) is 12.1 Å². The lowest BCUT2D eigenvalue weighted by Gasteiger charge is -2.19. The van der Waals surface area contributed by atoms with Crippen LogP contribution in [0.2, 0.25) is 5.02 Å². The number of halogens is 2. The van der Waals surface area contributed by atoms with Gasteiger partial charge in [-0.3, -0.25) is 9.69 Å². The van der Waals surface area contributed by atoms with Crippen LogP contribution in [0.3, 0.4) is 0 Å². The lowest BCUT2D eigenvalue weighted by atomic mass is 10.1. The Bertz CT molecular complexity index is 1110. The number of rotatable bonds is 9. The molecule has 3 rings (SSSR count). The highest BCUT2D eigenvalue weighted by atomic mass is 35.5. The molecule has 1 amide bonds. The number of carbonyl (C=O) groups is 1. The van der Waals surface area contributed by atoms with E-state index in [9.17, 15) is 9.18 Å². The van der Waals surface area contributed by atoms with Crippen LogP contribution in [-0.2, 0) is 0 Å². The topological polar surface area (TPSA) is 55.3 Å². The SMILES string of the molecule is C=CCOc1c(C)cc(-c2nnc(N(CCCC)C(=O)c3cccc(Cl)c3F)s2)cc1C. The molecule has 0 N–H and O–H groups in total. The summed E-state index contributed by atoms with van der Waals surface area (Å²) in [6, 6.07) is 8.36. The molecule has 1 aromatic heterocycles. The Morgan fingerprint density at radius 3 is 2.66 bits per heavy atom. The Kier molecular flexibility index (Phi) is 7.99. The Hall–Kier alpha value is -2.77. The molecule has 3 aromatic rings. The molecular weight excluding hydrogens is 449 g/mol. The molecule has 0 unspecified atom stereocenters. The first-order chi connectivity index (χ1) is 15.4. The summed E-state index contributed by atoms with van der Waals surface area (Å²) in [4.78, 5) is 14.6. The minimum atomic E-state index is -0.730. The van der Waals surface area contributed by atoms with E-state index in [1.165, 1.54) is 28.4 Å². The summed E-state index contributed by atoms with van der Waals surface area (Å²) in [5.74, 6) is -0.400. The van der Waals surface area contributed by atoms with Crippen molar-refractivity contribution in [3.8, 4) is 16.3 Å². The molecule has 1 heterocycles. The highest BCUT2D eigenvalue weighted by molar-refractivity contribution is 7.18. The van der Waals surface area contributed by atoms with Crippen LogP contribution in [0.15, 0.2) is 43.0 Å². The molecule has 2 aromatic carbocycles. The zero-order valence-corrected chi connectivity index (χ0v) is 19.9. The van der Waals surface area contributed by atoms with Crippen molar-refractivity contribution in [2.75, 3.05) is 18.1 Å². The van der Waals surface area contributed by atoms with E-state index in [0.29, 0.717) is 23.3 Å². The summed E-state index contributed by atoms with van der Waals surface area (Å²) in [5, 5.41) is 9.55. The van der Waals surface area contributed by atoms with Gasteiger partial charge >= 0.3 is 0 Å². The smallest absolute Gasteiger partial charge is 0.263 e. The first-order valence-electron chi connectivity index (χ1n) is 10.3. The molecule has 168 valence electrons. The van der Waals surface area contributed by atoms with Crippen LogP contribution in [0.25, 0.3) is 10.6 Å². The number of hydrogen-bond acceptors (Lipinski definition) is 5. The van der Waals surface area contributed by atoms with Gasteiger partial charge in [-0.05, 0) is 55.7 Å². The van der Waals surface area contributed by atoms with Gasteiger partial charge in [-0.15, -0.1) is 10.2 Å². The monoisotopic (exact) mass is 473 g/mol. The molecule has 0 spiro atoms. The average Bonchev–Trinajstić information content (AvgIpc) is 3.25. The van der Waals surface area contributed by atoms with Crippen molar-refractivity contribution in [3.63, 3.8) is 0 Å². The van der Waals surface area contributed by atoms with Crippen molar-refractivity contribution < 1.29 is 13.9 Å². The van der Waals surface area contributed by atoms with Gasteiger partial charge in [0.15, 0.2) is 5.82 Å². The number of nitrogens with zero attached hydrogens (tertiary/aromatic N) is 3. The third-order valence-electron chi connectivity index (χ3n) is 4.86. The molecule has 0 saturated carbocycles. The van der Waals surface area contributed by atoms with E-state index in [4.69, 9.17) is 16.3 Å². The van der Waals surface area contributed by atoms with E-state index < -0.39 is 11.7 Å². The van der Waals surface area contributed by atoms with Crippen molar-refractivity contribution >= 4 is 34.0 Å². The standard InChI is InChI=1S/C24H25ClFN3O2S/c1-5-7-11-29(23(30)18-9-8-10-19(25)20(18)26)24-28-27-22(32-24)17-13-15(3)21(16(4)14-17)31-12-6-2/h6,8-10,13-14H,2,5,7,11-12H2,1,3-4H3. The van der Waals surface area contributed by atoms with Crippen LogP contribution in [-0.4, -0.2) is 29.3 Å². The van der Waals surface area contributed by atoms with E-state index in [-0.39, 0.29) is 10.6 Å². The summed E-state index contributed by atoms with van der Waals surface area (Å²) in [6.07, 6.45) is 3.32. The summed E-state index contributed by atoms with van der Waals surface area (Å²) in [5.41, 5.74) is 2.74. The molecule has 0 radical (unpaired) electrons.